The first-order valence-corrected chi connectivity index (χ1v) is 3.37. The second kappa shape index (κ2) is 1.99. The van der Waals surface area contributed by atoms with Gasteiger partial charge in [-0.3, -0.25) is 0 Å². The van der Waals surface area contributed by atoms with Crippen LogP contribution in [-0.2, 0) is 0 Å². The lowest BCUT2D eigenvalue weighted by atomic mass is 10.2. The molecule has 0 aliphatic carbocycles. The zero-order valence-corrected chi connectivity index (χ0v) is 6.09. The van der Waals surface area contributed by atoms with Crippen molar-refractivity contribution in [3.05, 3.63) is 23.8 Å². The SMILES string of the molecule is Cc1ccc2[nH+]c(O)oc2c1. The molecule has 11 heavy (non-hydrogen) atoms. The minimum atomic E-state index is -0.148. The van der Waals surface area contributed by atoms with Crippen molar-refractivity contribution in [3.8, 4) is 6.08 Å². The molecule has 1 heterocycles. The van der Waals surface area contributed by atoms with E-state index in [4.69, 9.17) is 9.52 Å². The van der Waals surface area contributed by atoms with E-state index in [1.54, 1.807) is 0 Å². The minimum absolute atomic E-state index is 0.148. The Labute approximate surface area is 63.3 Å². The van der Waals surface area contributed by atoms with Crippen LogP contribution >= 0.6 is 0 Å². The number of nitrogens with one attached hydrogen (secondary N) is 1. The molecule has 1 aromatic heterocycles. The van der Waals surface area contributed by atoms with Gasteiger partial charge in [-0.2, -0.15) is 0 Å². The number of H-pyrrole nitrogens is 1. The van der Waals surface area contributed by atoms with Crippen LogP contribution in [0.3, 0.4) is 0 Å². The molecule has 2 N–H and O–H groups in total. The molecule has 3 nitrogen and oxygen atoms in total. The van der Waals surface area contributed by atoms with Crippen LogP contribution in [0, 0.1) is 6.92 Å². The highest BCUT2D eigenvalue weighted by Crippen LogP contribution is 2.15. The molecule has 0 radical (unpaired) electrons. The highest BCUT2D eigenvalue weighted by molar-refractivity contribution is 5.69. The lowest BCUT2D eigenvalue weighted by Crippen LogP contribution is -1.95. The zero-order valence-electron chi connectivity index (χ0n) is 6.09. The lowest BCUT2D eigenvalue weighted by Gasteiger charge is -1.84. The maximum atomic E-state index is 8.92. The average molecular weight is 150 g/mol. The van der Waals surface area contributed by atoms with Gasteiger partial charge < -0.3 is 9.52 Å². The van der Waals surface area contributed by atoms with Gasteiger partial charge in [0.05, 0.1) is 0 Å². The molecule has 0 spiro atoms. The normalized spacial score (nSPS) is 10.6. The molecular formula is C8H8NO2+. The van der Waals surface area contributed by atoms with Gasteiger partial charge in [0.1, 0.15) is 0 Å². The molecule has 0 bridgehead atoms. The first-order valence-electron chi connectivity index (χ1n) is 3.37. The third-order valence-electron chi connectivity index (χ3n) is 1.59. The summed E-state index contributed by atoms with van der Waals surface area (Å²) in [6.45, 7) is 1.97. The molecule has 0 saturated carbocycles. The largest absolute Gasteiger partial charge is 0.556 e. The van der Waals surface area contributed by atoms with Crippen molar-refractivity contribution in [2.45, 2.75) is 6.92 Å². The molecule has 0 aliphatic heterocycles. The van der Waals surface area contributed by atoms with E-state index in [9.17, 15) is 0 Å². The predicted octanol–water partition coefficient (Wildman–Crippen LogP) is 1.26. The molecular weight excluding hydrogens is 142 g/mol. The third-order valence-corrected chi connectivity index (χ3v) is 1.59. The van der Waals surface area contributed by atoms with Crippen molar-refractivity contribution in [3.63, 3.8) is 0 Å². The number of aryl methyl sites for hydroxylation is 1. The Balaban J connectivity index is 2.82. The molecule has 0 amide bonds. The quantitative estimate of drug-likeness (QED) is 0.614. The van der Waals surface area contributed by atoms with Crippen LogP contribution in [0.1, 0.15) is 5.56 Å². The van der Waals surface area contributed by atoms with E-state index in [0.29, 0.717) is 5.58 Å². The molecule has 0 unspecified atom stereocenters. The summed E-state index contributed by atoms with van der Waals surface area (Å²) in [5, 5.41) is 8.92. The minimum Gasteiger partial charge on any atom is -0.429 e. The van der Waals surface area contributed by atoms with Crippen LogP contribution in [0.15, 0.2) is 22.6 Å². The molecule has 2 rings (SSSR count). The van der Waals surface area contributed by atoms with Crippen molar-refractivity contribution in [2.24, 2.45) is 0 Å². The van der Waals surface area contributed by atoms with Gasteiger partial charge in [-0.1, -0.05) is 6.07 Å². The van der Waals surface area contributed by atoms with E-state index >= 15 is 0 Å². The lowest BCUT2D eigenvalue weighted by molar-refractivity contribution is -0.374. The predicted molar refractivity (Wildman–Crippen MR) is 39.2 cm³/mol. The van der Waals surface area contributed by atoms with Crippen LogP contribution in [0.4, 0.5) is 0 Å². The number of aromatic amines is 1. The summed E-state index contributed by atoms with van der Waals surface area (Å²) in [7, 11) is 0. The number of aromatic nitrogens is 1. The Morgan fingerprint density at radius 1 is 1.45 bits per heavy atom. The number of hydrogen-bond acceptors (Lipinski definition) is 2. The Kier molecular flexibility index (Phi) is 1.12. The number of hydrogen-bond donors (Lipinski definition) is 1. The van der Waals surface area contributed by atoms with E-state index in [0.717, 1.165) is 11.1 Å². The number of benzene rings is 1. The second-order valence-electron chi connectivity index (χ2n) is 2.53. The third kappa shape index (κ3) is 0.941. The van der Waals surface area contributed by atoms with Crippen LogP contribution < -0.4 is 4.98 Å². The fraction of sp³-hybridized carbons (Fsp3) is 0.125. The molecule has 2 aromatic rings. The number of aromatic hydroxyl groups is 1. The highest BCUT2D eigenvalue weighted by atomic mass is 16.5. The Morgan fingerprint density at radius 2 is 2.27 bits per heavy atom. The van der Waals surface area contributed by atoms with Crippen molar-refractivity contribution in [1.82, 2.24) is 0 Å². The van der Waals surface area contributed by atoms with Crippen LogP contribution in [0.5, 0.6) is 6.08 Å². The van der Waals surface area contributed by atoms with Crippen LogP contribution in [0.25, 0.3) is 11.1 Å². The maximum absolute atomic E-state index is 8.92. The summed E-state index contributed by atoms with van der Waals surface area (Å²) in [6.07, 6.45) is -0.148. The molecule has 0 fully saturated rings. The van der Waals surface area contributed by atoms with Gasteiger partial charge in [0.15, 0.2) is 0 Å². The zero-order chi connectivity index (χ0) is 7.84. The summed E-state index contributed by atoms with van der Waals surface area (Å²) in [4.78, 5) is 2.67. The number of oxazole rings is 1. The van der Waals surface area contributed by atoms with E-state index in [2.05, 4.69) is 4.98 Å². The Morgan fingerprint density at radius 3 is 3.09 bits per heavy atom. The second-order valence-corrected chi connectivity index (χ2v) is 2.53. The molecule has 56 valence electrons. The number of rotatable bonds is 0. The summed E-state index contributed by atoms with van der Waals surface area (Å²) < 4.78 is 4.95. The van der Waals surface area contributed by atoms with Crippen molar-refractivity contribution >= 4 is 11.1 Å². The smallest absolute Gasteiger partial charge is 0.429 e. The van der Waals surface area contributed by atoms with Gasteiger partial charge in [0, 0.05) is 6.07 Å². The average Bonchev–Trinajstić information content (AvgIpc) is 2.27. The van der Waals surface area contributed by atoms with Gasteiger partial charge in [-0.05, 0) is 18.6 Å². The highest BCUT2D eigenvalue weighted by Gasteiger charge is 2.09. The van der Waals surface area contributed by atoms with E-state index in [1.807, 2.05) is 25.1 Å². The van der Waals surface area contributed by atoms with Crippen molar-refractivity contribution in [2.75, 3.05) is 0 Å². The summed E-state index contributed by atoms with van der Waals surface area (Å²) in [5.41, 5.74) is 2.61. The van der Waals surface area contributed by atoms with Crippen LogP contribution in [0.2, 0.25) is 0 Å². The van der Waals surface area contributed by atoms with Gasteiger partial charge in [-0.25, -0.2) is 0 Å². The van der Waals surface area contributed by atoms with Gasteiger partial charge in [0.2, 0.25) is 5.58 Å². The van der Waals surface area contributed by atoms with Gasteiger partial charge in [-0.15, -0.1) is 4.98 Å². The fourth-order valence-electron chi connectivity index (χ4n) is 1.06. The summed E-state index contributed by atoms with van der Waals surface area (Å²) >= 11 is 0. The van der Waals surface area contributed by atoms with Crippen molar-refractivity contribution < 1.29 is 14.5 Å². The molecule has 0 aliphatic rings. The van der Waals surface area contributed by atoms with Gasteiger partial charge >= 0.3 is 6.08 Å². The van der Waals surface area contributed by atoms with Gasteiger partial charge in [0.25, 0.3) is 5.52 Å². The fourth-order valence-corrected chi connectivity index (χ4v) is 1.06. The monoisotopic (exact) mass is 150 g/mol. The van der Waals surface area contributed by atoms with E-state index in [1.165, 1.54) is 0 Å². The first-order chi connectivity index (χ1) is 5.25. The molecule has 0 saturated heterocycles. The van der Waals surface area contributed by atoms with E-state index < -0.39 is 0 Å². The molecule has 0 atom stereocenters. The summed E-state index contributed by atoms with van der Waals surface area (Å²) in [5.74, 6) is 0. The van der Waals surface area contributed by atoms with E-state index in [-0.39, 0.29) is 6.08 Å². The topological polar surface area (TPSA) is 47.5 Å². The molecule has 3 heteroatoms. The van der Waals surface area contributed by atoms with Crippen molar-refractivity contribution in [1.29, 1.82) is 0 Å². The van der Waals surface area contributed by atoms with Crippen LogP contribution in [-0.4, -0.2) is 5.11 Å². The Hall–Kier alpha value is -1.51. The Bertz CT molecular complexity index is 392. The molecule has 1 aromatic carbocycles. The first kappa shape index (κ1) is 6.22. The maximum Gasteiger partial charge on any atom is 0.556 e. The standard InChI is InChI=1S/C8H7NO2/c1-5-2-3-6-7(4-5)11-8(10)9-6/h2-4H,1H3,(H,9,10)/p+1. The number of fused-ring (bicyclic) bond motifs is 1. The summed E-state index contributed by atoms with van der Waals surface area (Å²) in [6, 6.07) is 5.69.